The third kappa shape index (κ3) is 2.62. The molecule has 0 saturated carbocycles. The van der Waals surface area contributed by atoms with Crippen LogP contribution >= 0.6 is 0 Å². The highest BCUT2D eigenvalue weighted by Crippen LogP contribution is 2.20. The summed E-state index contributed by atoms with van der Waals surface area (Å²) in [6.07, 6.45) is 0. The zero-order valence-electron chi connectivity index (χ0n) is 11.7. The lowest BCUT2D eigenvalue weighted by Gasteiger charge is -2.12. The van der Waals surface area contributed by atoms with Crippen molar-refractivity contribution in [3.63, 3.8) is 0 Å². The lowest BCUT2D eigenvalue weighted by atomic mass is 10.1. The predicted octanol–water partition coefficient (Wildman–Crippen LogP) is 1.51. The Labute approximate surface area is 112 Å². The zero-order chi connectivity index (χ0) is 14.0. The second kappa shape index (κ2) is 5.17. The van der Waals surface area contributed by atoms with Gasteiger partial charge in [0, 0.05) is 27.7 Å². The van der Waals surface area contributed by atoms with Gasteiger partial charge in [-0.05, 0) is 24.1 Å². The maximum atomic E-state index is 9.66. The lowest BCUT2D eigenvalue weighted by molar-refractivity contribution is 0.470. The molecular weight excluding hydrogens is 242 g/mol. The van der Waals surface area contributed by atoms with E-state index >= 15 is 0 Å². The quantitative estimate of drug-likeness (QED) is 0.873. The van der Waals surface area contributed by atoms with Gasteiger partial charge >= 0.3 is 0 Å². The van der Waals surface area contributed by atoms with Crippen LogP contribution in [-0.2, 0) is 13.6 Å². The molecule has 0 bridgehead atoms. The topological polar surface area (TPSA) is 66.2 Å². The van der Waals surface area contributed by atoms with Crippen LogP contribution in [-0.4, -0.2) is 34.0 Å². The van der Waals surface area contributed by atoms with Gasteiger partial charge in [-0.15, -0.1) is 10.2 Å². The minimum absolute atomic E-state index is 0.311. The molecule has 0 unspecified atom stereocenters. The van der Waals surface area contributed by atoms with Crippen molar-refractivity contribution in [2.75, 3.05) is 24.3 Å². The van der Waals surface area contributed by atoms with Crippen LogP contribution < -0.4 is 10.2 Å². The predicted molar refractivity (Wildman–Crippen MR) is 75.5 cm³/mol. The number of hydrogen-bond donors (Lipinski definition) is 2. The summed E-state index contributed by atoms with van der Waals surface area (Å²) in [7, 11) is 5.76. The molecule has 6 heteroatoms. The summed E-state index contributed by atoms with van der Waals surface area (Å²) >= 11 is 0. The molecule has 0 aliphatic carbocycles. The van der Waals surface area contributed by atoms with Crippen LogP contribution in [0.25, 0.3) is 0 Å². The van der Waals surface area contributed by atoms with Crippen LogP contribution in [0.2, 0.25) is 0 Å². The summed E-state index contributed by atoms with van der Waals surface area (Å²) in [5, 5.41) is 21.1. The molecule has 0 aliphatic rings. The van der Waals surface area contributed by atoms with Crippen molar-refractivity contribution in [2.24, 2.45) is 7.05 Å². The van der Waals surface area contributed by atoms with Crippen LogP contribution in [0.15, 0.2) is 18.2 Å². The number of rotatable bonds is 4. The van der Waals surface area contributed by atoms with Crippen molar-refractivity contribution in [1.29, 1.82) is 0 Å². The van der Waals surface area contributed by atoms with Crippen molar-refractivity contribution in [3.05, 3.63) is 29.3 Å². The average Bonchev–Trinajstić information content (AvgIpc) is 2.73. The van der Waals surface area contributed by atoms with Crippen LogP contribution in [0.1, 0.15) is 11.1 Å². The minimum atomic E-state index is 0.311. The van der Waals surface area contributed by atoms with Gasteiger partial charge in [0.15, 0.2) is 0 Å². The van der Waals surface area contributed by atoms with Gasteiger partial charge in [-0.3, -0.25) is 4.57 Å². The first-order valence-corrected chi connectivity index (χ1v) is 6.08. The molecule has 1 heterocycles. The Hall–Kier alpha value is -2.24. The van der Waals surface area contributed by atoms with Crippen molar-refractivity contribution in [1.82, 2.24) is 14.8 Å². The highest BCUT2D eigenvalue weighted by Gasteiger charge is 2.10. The second-order valence-electron chi connectivity index (χ2n) is 4.69. The third-order valence-electron chi connectivity index (χ3n) is 3.11. The summed E-state index contributed by atoms with van der Waals surface area (Å²) in [6.45, 7) is 2.49. The standard InChI is InChI=1S/C13H19N5O/c1-9-10(6-5-7-11(9)19)8-14-12-15-16-13(17(2)3)18(12)4/h5-7,19H,8H2,1-4H3,(H,14,15). The normalized spacial score (nSPS) is 10.5. The number of aromatic nitrogens is 3. The van der Waals surface area contributed by atoms with Gasteiger partial charge < -0.3 is 15.3 Å². The van der Waals surface area contributed by atoms with E-state index in [1.165, 1.54) is 0 Å². The molecule has 0 amide bonds. The largest absolute Gasteiger partial charge is 0.508 e. The Balaban J connectivity index is 2.13. The van der Waals surface area contributed by atoms with E-state index in [0.717, 1.165) is 17.1 Å². The monoisotopic (exact) mass is 261 g/mol. The molecule has 102 valence electrons. The smallest absolute Gasteiger partial charge is 0.227 e. The fourth-order valence-electron chi connectivity index (χ4n) is 1.90. The molecule has 0 fully saturated rings. The summed E-state index contributed by atoms with van der Waals surface area (Å²) < 4.78 is 1.89. The van der Waals surface area contributed by atoms with E-state index in [1.54, 1.807) is 6.07 Å². The molecule has 0 radical (unpaired) electrons. The van der Waals surface area contributed by atoms with Gasteiger partial charge in [0.2, 0.25) is 11.9 Å². The second-order valence-corrected chi connectivity index (χ2v) is 4.69. The van der Waals surface area contributed by atoms with Gasteiger partial charge in [0.1, 0.15) is 5.75 Å². The molecule has 0 saturated heterocycles. The zero-order valence-corrected chi connectivity index (χ0v) is 11.7. The van der Waals surface area contributed by atoms with Crippen LogP contribution in [0.3, 0.4) is 0 Å². The highest BCUT2D eigenvalue weighted by atomic mass is 16.3. The van der Waals surface area contributed by atoms with E-state index in [0.29, 0.717) is 18.2 Å². The Bertz CT molecular complexity index is 576. The molecule has 0 spiro atoms. The maximum Gasteiger partial charge on any atom is 0.227 e. The third-order valence-corrected chi connectivity index (χ3v) is 3.11. The molecule has 19 heavy (non-hydrogen) atoms. The molecule has 6 nitrogen and oxygen atoms in total. The number of phenolic OH excluding ortho intramolecular Hbond substituents is 1. The van der Waals surface area contributed by atoms with E-state index < -0.39 is 0 Å². The van der Waals surface area contributed by atoms with Crippen molar-refractivity contribution in [3.8, 4) is 5.75 Å². The fourth-order valence-corrected chi connectivity index (χ4v) is 1.90. The van der Waals surface area contributed by atoms with Gasteiger partial charge in [-0.2, -0.15) is 0 Å². The van der Waals surface area contributed by atoms with Crippen LogP contribution in [0.5, 0.6) is 5.75 Å². The van der Waals surface area contributed by atoms with Gasteiger partial charge in [0.25, 0.3) is 0 Å². The molecule has 2 N–H and O–H groups in total. The summed E-state index contributed by atoms with van der Waals surface area (Å²) in [5.41, 5.74) is 1.92. The molecule has 0 atom stereocenters. The van der Waals surface area contributed by atoms with E-state index in [1.807, 2.05) is 49.7 Å². The highest BCUT2D eigenvalue weighted by molar-refractivity contribution is 5.42. The van der Waals surface area contributed by atoms with E-state index in [-0.39, 0.29) is 0 Å². The molecule has 2 rings (SSSR count). The van der Waals surface area contributed by atoms with E-state index in [4.69, 9.17) is 0 Å². The fraction of sp³-hybridized carbons (Fsp3) is 0.385. The van der Waals surface area contributed by atoms with Gasteiger partial charge in [-0.25, -0.2) is 0 Å². The van der Waals surface area contributed by atoms with Crippen molar-refractivity contribution in [2.45, 2.75) is 13.5 Å². The Morgan fingerprint density at radius 2 is 2.05 bits per heavy atom. The summed E-state index contributed by atoms with van der Waals surface area (Å²) in [6, 6.07) is 5.50. The van der Waals surface area contributed by atoms with E-state index in [2.05, 4.69) is 15.5 Å². The molecule has 2 aromatic rings. The Morgan fingerprint density at radius 3 is 2.68 bits per heavy atom. The Morgan fingerprint density at radius 1 is 1.32 bits per heavy atom. The van der Waals surface area contributed by atoms with Gasteiger partial charge in [-0.1, -0.05) is 12.1 Å². The number of aromatic hydroxyl groups is 1. The first-order valence-electron chi connectivity index (χ1n) is 6.08. The number of nitrogens with zero attached hydrogens (tertiary/aromatic N) is 4. The first kappa shape index (κ1) is 13.2. The minimum Gasteiger partial charge on any atom is -0.508 e. The number of phenols is 1. The molecule has 1 aromatic carbocycles. The summed E-state index contributed by atoms with van der Waals surface area (Å²) in [5.74, 6) is 1.80. The average molecular weight is 261 g/mol. The maximum absolute atomic E-state index is 9.66. The molecular formula is C13H19N5O. The number of benzene rings is 1. The SMILES string of the molecule is Cc1c(O)cccc1CNc1nnc(N(C)C)n1C. The lowest BCUT2D eigenvalue weighted by Crippen LogP contribution is -2.15. The van der Waals surface area contributed by atoms with Crippen molar-refractivity contribution < 1.29 is 5.11 Å². The Kier molecular flexibility index (Phi) is 3.59. The van der Waals surface area contributed by atoms with Crippen molar-refractivity contribution >= 4 is 11.9 Å². The van der Waals surface area contributed by atoms with Gasteiger partial charge in [0.05, 0.1) is 0 Å². The van der Waals surface area contributed by atoms with Crippen LogP contribution in [0.4, 0.5) is 11.9 Å². The first-order chi connectivity index (χ1) is 9.00. The number of nitrogens with one attached hydrogen (secondary N) is 1. The summed E-state index contributed by atoms with van der Waals surface area (Å²) in [4.78, 5) is 1.90. The van der Waals surface area contributed by atoms with E-state index in [9.17, 15) is 5.11 Å². The molecule has 1 aromatic heterocycles. The van der Waals surface area contributed by atoms with Crippen LogP contribution in [0, 0.1) is 6.92 Å². The number of hydrogen-bond acceptors (Lipinski definition) is 5. The molecule has 0 aliphatic heterocycles. The number of anilines is 2.